The van der Waals surface area contributed by atoms with E-state index in [-0.39, 0.29) is 16.9 Å². The van der Waals surface area contributed by atoms with Crippen molar-refractivity contribution in [3.8, 4) is 5.75 Å². The Morgan fingerprint density at radius 3 is 2.35 bits per heavy atom. The molecule has 2 N–H and O–H groups in total. The molecule has 0 fully saturated rings. The predicted molar refractivity (Wildman–Crippen MR) is 101 cm³/mol. The molecule has 0 radical (unpaired) electrons. The summed E-state index contributed by atoms with van der Waals surface area (Å²) in [7, 11) is -3.74. The monoisotopic (exact) mass is 374 g/mol. The maximum absolute atomic E-state index is 12.6. The molecule has 3 rings (SSSR count). The number of fused-ring (bicyclic) bond motifs is 1. The zero-order valence-electron chi connectivity index (χ0n) is 15.2. The molecule has 1 heterocycles. The van der Waals surface area contributed by atoms with Gasteiger partial charge in [-0.1, -0.05) is 0 Å². The van der Waals surface area contributed by atoms with Gasteiger partial charge in [0.1, 0.15) is 5.75 Å². The summed E-state index contributed by atoms with van der Waals surface area (Å²) in [6, 6.07) is 11.3. The van der Waals surface area contributed by atoms with E-state index in [1.165, 1.54) is 12.1 Å². The minimum Gasteiger partial charge on any atom is -0.491 e. The molecule has 138 valence electrons. The lowest BCUT2D eigenvalue weighted by Crippen LogP contribution is -2.26. The second-order valence-corrected chi connectivity index (χ2v) is 8.77. The molecular weight excluding hydrogens is 352 g/mol. The van der Waals surface area contributed by atoms with Gasteiger partial charge in [0.25, 0.3) is 10.0 Å². The Morgan fingerprint density at radius 1 is 1.08 bits per heavy atom. The molecule has 0 atom stereocenters. The van der Waals surface area contributed by atoms with Gasteiger partial charge in [-0.15, -0.1) is 0 Å². The molecule has 7 heteroatoms. The van der Waals surface area contributed by atoms with Crippen LogP contribution in [0.1, 0.15) is 33.3 Å². The van der Waals surface area contributed by atoms with Crippen molar-refractivity contribution in [3.05, 3.63) is 48.0 Å². The van der Waals surface area contributed by atoms with Gasteiger partial charge in [-0.3, -0.25) is 9.52 Å². The summed E-state index contributed by atoms with van der Waals surface area (Å²) < 4.78 is 33.4. The van der Waals surface area contributed by atoms with Crippen LogP contribution in [0.5, 0.6) is 5.75 Å². The van der Waals surface area contributed by atoms with Crippen molar-refractivity contribution < 1.29 is 17.9 Å². The summed E-state index contributed by atoms with van der Waals surface area (Å²) in [4.78, 5) is 12.2. The molecular formula is C19H22N2O4S. The minimum absolute atomic E-state index is 0.0154. The van der Waals surface area contributed by atoms with E-state index in [1.54, 1.807) is 44.2 Å². The molecule has 1 aliphatic rings. The standard InChI is InChI=1S/C19H22N2O4S/c1-12(2)25-14-6-8-15(9-7-14)26(23,24)21-13-5-10-17-16(11-13)19(3,4)18(22)20-17/h5-12,21H,1-4H3,(H,20,22). The molecule has 0 saturated heterocycles. The Morgan fingerprint density at radius 2 is 1.73 bits per heavy atom. The van der Waals surface area contributed by atoms with Gasteiger partial charge in [-0.25, -0.2) is 8.42 Å². The Hall–Kier alpha value is -2.54. The molecule has 2 aromatic carbocycles. The highest BCUT2D eigenvalue weighted by Crippen LogP contribution is 2.39. The molecule has 6 nitrogen and oxygen atoms in total. The van der Waals surface area contributed by atoms with E-state index < -0.39 is 15.4 Å². The Kier molecular flexibility index (Phi) is 4.44. The van der Waals surface area contributed by atoms with Crippen molar-refractivity contribution in [3.63, 3.8) is 0 Å². The molecule has 0 bridgehead atoms. The van der Waals surface area contributed by atoms with Crippen molar-refractivity contribution in [1.29, 1.82) is 0 Å². The van der Waals surface area contributed by atoms with Gasteiger partial charge in [0.05, 0.1) is 16.4 Å². The van der Waals surface area contributed by atoms with E-state index in [0.717, 1.165) is 5.56 Å². The third kappa shape index (κ3) is 3.39. The van der Waals surface area contributed by atoms with Crippen molar-refractivity contribution in [1.82, 2.24) is 0 Å². The van der Waals surface area contributed by atoms with Crippen molar-refractivity contribution in [2.75, 3.05) is 10.0 Å². The van der Waals surface area contributed by atoms with Gasteiger partial charge < -0.3 is 10.1 Å². The third-order valence-corrected chi connectivity index (χ3v) is 5.66. The van der Waals surface area contributed by atoms with Gasteiger partial charge >= 0.3 is 0 Å². The lowest BCUT2D eigenvalue weighted by molar-refractivity contribution is -0.119. The fraction of sp³-hybridized carbons (Fsp3) is 0.316. The van der Waals surface area contributed by atoms with Crippen LogP contribution in [0.25, 0.3) is 0 Å². The first kappa shape index (κ1) is 18.3. The minimum atomic E-state index is -3.74. The van der Waals surface area contributed by atoms with Crippen LogP contribution in [0.15, 0.2) is 47.4 Å². The van der Waals surface area contributed by atoms with Crippen LogP contribution in [0.4, 0.5) is 11.4 Å². The van der Waals surface area contributed by atoms with Crippen LogP contribution in [0.2, 0.25) is 0 Å². The molecule has 0 spiro atoms. The van der Waals surface area contributed by atoms with Crippen molar-refractivity contribution in [2.24, 2.45) is 0 Å². The molecule has 0 saturated carbocycles. The number of benzene rings is 2. The Labute approximate surface area is 153 Å². The van der Waals surface area contributed by atoms with Gasteiger partial charge in [0.15, 0.2) is 0 Å². The van der Waals surface area contributed by atoms with E-state index in [2.05, 4.69) is 10.0 Å². The van der Waals surface area contributed by atoms with Crippen LogP contribution >= 0.6 is 0 Å². The largest absolute Gasteiger partial charge is 0.491 e. The normalized spacial score (nSPS) is 15.5. The number of anilines is 2. The first-order valence-corrected chi connectivity index (χ1v) is 9.83. The van der Waals surface area contributed by atoms with Crippen LogP contribution in [0.3, 0.4) is 0 Å². The van der Waals surface area contributed by atoms with E-state index in [9.17, 15) is 13.2 Å². The van der Waals surface area contributed by atoms with E-state index in [4.69, 9.17) is 4.74 Å². The van der Waals surface area contributed by atoms with Crippen LogP contribution in [0, 0.1) is 0 Å². The van der Waals surface area contributed by atoms with E-state index in [0.29, 0.717) is 17.1 Å². The second kappa shape index (κ2) is 6.32. The van der Waals surface area contributed by atoms with Crippen LogP contribution < -0.4 is 14.8 Å². The number of sulfonamides is 1. The number of ether oxygens (including phenoxy) is 1. The zero-order chi connectivity index (χ0) is 19.1. The highest BCUT2D eigenvalue weighted by atomic mass is 32.2. The molecule has 2 aromatic rings. The number of hydrogen-bond donors (Lipinski definition) is 2. The van der Waals surface area contributed by atoms with Crippen molar-refractivity contribution >= 4 is 27.3 Å². The molecule has 1 amide bonds. The number of hydrogen-bond acceptors (Lipinski definition) is 4. The number of amides is 1. The maximum atomic E-state index is 12.6. The first-order valence-electron chi connectivity index (χ1n) is 8.35. The second-order valence-electron chi connectivity index (χ2n) is 7.08. The molecule has 0 aromatic heterocycles. The van der Waals surface area contributed by atoms with E-state index in [1.807, 2.05) is 13.8 Å². The molecule has 26 heavy (non-hydrogen) atoms. The lowest BCUT2D eigenvalue weighted by Gasteiger charge is -2.16. The zero-order valence-corrected chi connectivity index (χ0v) is 16.0. The fourth-order valence-corrected chi connectivity index (χ4v) is 3.87. The van der Waals surface area contributed by atoms with Gasteiger partial charge in [0.2, 0.25) is 5.91 Å². The summed E-state index contributed by atoms with van der Waals surface area (Å²) in [6.07, 6.45) is 0.0154. The molecule has 1 aliphatic heterocycles. The van der Waals surface area contributed by atoms with Crippen LogP contribution in [-0.4, -0.2) is 20.4 Å². The topological polar surface area (TPSA) is 84.5 Å². The van der Waals surface area contributed by atoms with Crippen molar-refractivity contribution in [2.45, 2.75) is 44.1 Å². The van der Waals surface area contributed by atoms with Gasteiger partial charge in [-0.2, -0.15) is 0 Å². The SMILES string of the molecule is CC(C)Oc1ccc(S(=O)(=O)Nc2ccc3c(c2)C(C)(C)C(=O)N3)cc1. The lowest BCUT2D eigenvalue weighted by atomic mass is 9.86. The first-order chi connectivity index (χ1) is 12.1. The van der Waals surface area contributed by atoms with Gasteiger partial charge in [0, 0.05) is 11.4 Å². The summed E-state index contributed by atoms with van der Waals surface area (Å²) in [5.74, 6) is 0.510. The average Bonchev–Trinajstić information content (AvgIpc) is 2.77. The number of rotatable bonds is 5. The summed E-state index contributed by atoms with van der Waals surface area (Å²) in [6.45, 7) is 7.42. The fourth-order valence-electron chi connectivity index (χ4n) is 2.82. The molecule has 0 aliphatic carbocycles. The number of nitrogens with one attached hydrogen (secondary N) is 2. The highest BCUT2D eigenvalue weighted by Gasteiger charge is 2.38. The Balaban J connectivity index is 1.85. The number of carbonyl (C=O) groups is 1. The summed E-state index contributed by atoms with van der Waals surface area (Å²) in [5.41, 5.74) is 1.18. The van der Waals surface area contributed by atoms with Gasteiger partial charge in [-0.05, 0) is 75.7 Å². The van der Waals surface area contributed by atoms with E-state index >= 15 is 0 Å². The predicted octanol–water partition coefficient (Wildman–Crippen LogP) is 3.50. The number of carbonyl (C=O) groups excluding carboxylic acids is 1. The molecule has 0 unspecified atom stereocenters. The average molecular weight is 374 g/mol. The maximum Gasteiger partial charge on any atom is 0.261 e. The summed E-state index contributed by atoms with van der Waals surface area (Å²) >= 11 is 0. The summed E-state index contributed by atoms with van der Waals surface area (Å²) in [5, 5.41) is 2.80. The highest BCUT2D eigenvalue weighted by molar-refractivity contribution is 7.92. The Bertz CT molecular complexity index is 948. The smallest absolute Gasteiger partial charge is 0.261 e. The third-order valence-electron chi connectivity index (χ3n) is 4.27. The van der Waals surface area contributed by atoms with Crippen LogP contribution in [-0.2, 0) is 20.2 Å². The quantitative estimate of drug-likeness (QED) is 0.839.